The first kappa shape index (κ1) is 9.98. The standard InChI is InChI=1S/C11H12INO/c12-9-5-3-8(4-6-9)11(13)10-2-1-7-14-10/h2-6,11H,1,7,13H2. The molecule has 1 aliphatic rings. The topological polar surface area (TPSA) is 35.2 Å². The predicted molar refractivity (Wildman–Crippen MR) is 64.7 cm³/mol. The Balaban J connectivity index is 2.18. The molecule has 1 unspecified atom stereocenters. The van der Waals surface area contributed by atoms with Gasteiger partial charge in [-0.1, -0.05) is 12.1 Å². The number of ether oxygens (including phenoxy) is 1. The minimum Gasteiger partial charge on any atom is -0.496 e. The highest BCUT2D eigenvalue weighted by Crippen LogP contribution is 2.24. The summed E-state index contributed by atoms with van der Waals surface area (Å²) in [6.07, 6.45) is 3.05. The van der Waals surface area contributed by atoms with E-state index in [4.69, 9.17) is 10.5 Å². The Hall–Kier alpha value is -0.550. The van der Waals surface area contributed by atoms with E-state index in [9.17, 15) is 0 Å². The van der Waals surface area contributed by atoms with Crippen LogP contribution in [0.2, 0.25) is 0 Å². The third-order valence-electron chi connectivity index (χ3n) is 2.27. The molecule has 0 amide bonds. The Morgan fingerprint density at radius 2 is 2.00 bits per heavy atom. The molecule has 1 aromatic rings. The maximum absolute atomic E-state index is 6.05. The fraction of sp³-hybridized carbons (Fsp3) is 0.273. The second-order valence-corrected chi connectivity index (χ2v) is 4.52. The van der Waals surface area contributed by atoms with Gasteiger partial charge in [0.15, 0.2) is 0 Å². The molecule has 0 aromatic heterocycles. The monoisotopic (exact) mass is 301 g/mol. The maximum atomic E-state index is 6.05. The molecule has 74 valence electrons. The Morgan fingerprint density at radius 1 is 1.29 bits per heavy atom. The van der Waals surface area contributed by atoms with Crippen LogP contribution in [0, 0.1) is 3.57 Å². The highest BCUT2D eigenvalue weighted by atomic mass is 127. The summed E-state index contributed by atoms with van der Waals surface area (Å²) in [6, 6.07) is 8.12. The summed E-state index contributed by atoms with van der Waals surface area (Å²) in [5, 5.41) is 0. The maximum Gasteiger partial charge on any atom is 0.113 e. The van der Waals surface area contributed by atoms with E-state index >= 15 is 0 Å². The van der Waals surface area contributed by atoms with Crippen LogP contribution < -0.4 is 5.73 Å². The molecular formula is C11H12INO. The molecule has 2 rings (SSSR count). The van der Waals surface area contributed by atoms with Gasteiger partial charge in [-0.3, -0.25) is 0 Å². The minimum absolute atomic E-state index is 0.102. The van der Waals surface area contributed by atoms with E-state index in [1.165, 1.54) is 3.57 Å². The van der Waals surface area contributed by atoms with E-state index in [-0.39, 0.29) is 6.04 Å². The fourth-order valence-electron chi connectivity index (χ4n) is 1.49. The minimum atomic E-state index is -0.102. The zero-order chi connectivity index (χ0) is 9.97. The number of benzene rings is 1. The molecule has 1 aliphatic heterocycles. The van der Waals surface area contributed by atoms with Gasteiger partial charge in [0.2, 0.25) is 0 Å². The van der Waals surface area contributed by atoms with Crippen LogP contribution >= 0.6 is 22.6 Å². The van der Waals surface area contributed by atoms with Crippen LogP contribution in [-0.2, 0) is 4.74 Å². The first-order valence-corrected chi connectivity index (χ1v) is 5.69. The van der Waals surface area contributed by atoms with Crippen LogP contribution in [0.3, 0.4) is 0 Å². The Labute approximate surface area is 97.3 Å². The molecule has 2 N–H and O–H groups in total. The van der Waals surface area contributed by atoms with Crippen LogP contribution in [0.5, 0.6) is 0 Å². The molecule has 14 heavy (non-hydrogen) atoms. The van der Waals surface area contributed by atoms with Crippen molar-refractivity contribution in [2.24, 2.45) is 5.73 Å². The number of hydrogen-bond donors (Lipinski definition) is 1. The lowest BCUT2D eigenvalue weighted by molar-refractivity contribution is 0.225. The van der Waals surface area contributed by atoms with Crippen molar-refractivity contribution >= 4 is 22.6 Å². The van der Waals surface area contributed by atoms with Crippen molar-refractivity contribution in [3.8, 4) is 0 Å². The van der Waals surface area contributed by atoms with Crippen LogP contribution in [-0.4, -0.2) is 6.61 Å². The van der Waals surface area contributed by atoms with Crippen molar-refractivity contribution in [2.75, 3.05) is 6.61 Å². The van der Waals surface area contributed by atoms with Crippen LogP contribution in [0.25, 0.3) is 0 Å². The molecule has 2 nitrogen and oxygen atoms in total. The smallest absolute Gasteiger partial charge is 0.113 e. The zero-order valence-electron chi connectivity index (χ0n) is 7.74. The van der Waals surface area contributed by atoms with Crippen LogP contribution in [0.4, 0.5) is 0 Å². The van der Waals surface area contributed by atoms with Gasteiger partial charge in [0.25, 0.3) is 0 Å². The molecular weight excluding hydrogens is 289 g/mol. The largest absolute Gasteiger partial charge is 0.496 e. The molecule has 3 heteroatoms. The van der Waals surface area contributed by atoms with E-state index in [1.807, 2.05) is 0 Å². The van der Waals surface area contributed by atoms with E-state index in [0.717, 1.165) is 24.4 Å². The van der Waals surface area contributed by atoms with E-state index in [1.54, 1.807) is 0 Å². The SMILES string of the molecule is NC(C1=CCCO1)c1ccc(I)cc1. The van der Waals surface area contributed by atoms with E-state index in [0.29, 0.717) is 0 Å². The van der Waals surface area contributed by atoms with Crippen molar-refractivity contribution in [1.82, 2.24) is 0 Å². The summed E-state index contributed by atoms with van der Waals surface area (Å²) in [4.78, 5) is 0. The van der Waals surface area contributed by atoms with Crippen molar-refractivity contribution in [3.63, 3.8) is 0 Å². The molecule has 0 saturated heterocycles. The zero-order valence-corrected chi connectivity index (χ0v) is 9.90. The van der Waals surface area contributed by atoms with E-state index in [2.05, 4.69) is 52.9 Å². The second-order valence-electron chi connectivity index (χ2n) is 3.27. The highest BCUT2D eigenvalue weighted by molar-refractivity contribution is 14.1. The lowest BCUT2D eigenvalue weighted by Gasteiger charge is -2.13. The Kier molecular flexibility index (Phi) is 3.08. The summed E-state index contributed by atoms with van der Waals surface area (Å²) < 4.78 is 6.66. The summed E-state index contributed by atoms with van der Waals surface area (Å²) in [7, 11) is 0. The molecule has 1 heterocycles. The molecule has 1 aromatic carbocycles. The predicted octanol–water partition coefficient (Wildman–Crippen LogP) is 2.60. The third-order valence-corrected chi connectivity index (χ3v) is 2.99. The average molecular weight is 301 g/mol. The Bertz CT molecular complexity index is 345. The van der Waals surface area contributed by atoms with Gasteiger partial charge in [-0.2, -0.15) is 0 Å². The van der Waals surface area contributed by atoms with Crippen LogP contribution in [0.15, 0.2) is 36.1 Å². The summed E-state index contributed by atoms with van der Waals surface area (Å²) in [5.41, 5.74) is 7.16. The molecule has 0 saturated carbocycles. The number of hydrogen-bond acceptors (Lipinski definition) is 2. The lowest BCUT2D eigenvalue weighted by atomic mass is 10.1. The first-order valence-electron chi connectivity index (χ1n) is 4.61. The molecule has 0 bridgehead atoms. The van der Waals surface area contributed by atoms with Crippen molar-refractivity contribution in [2.45, 2.75) is 12.5 Å². The summed E-state index contributed by atoms with van der Waals surface area (Å²) in [5.74, 6) is 0.909. The number of rotatable bonds is 2. The van der Waals surface area contributed by atoms with Crippen molar-refractivity contribution in [1.29, 1.82) is 0 Å². The molecule has 0 fully saturated rings. The van der Waals surface area contributed by atoms with Gasteiger partial charge in [-0.15, -0.1) is 0 Å². The third kappa shape index (κ3) is 2.09. The van der Waals surface area contributed by atoms with Gasteiger partial charge in [-0.25, -0.2) is 0 Å². The van der Waals surface area contributed by atoms with Gasteiger partial charge in [-0.05, 0) is 46.4 Å². The quantitative estimate of drug-likeness (QED) is 0.852. The highest BCUT2D eigenvalue weighted by Gasteiger charge is 2.15. The van der Waals surface area contributed by atoms with Gasteiger partial charge in [0.05, 0.1) is 12.6 Å². The average Bonchev–Trinajstić information content (AvgIpc) is 2.71. The van der Waals surface area contributed by atoms with Crippen molar-refractivity contribution in [3.05, 3.63) is 45.2 Å². The van der Waals surface area contributed by atoms with Gasteiger partial charge in [0.1, 0.15) is 5.76 Å². The molecule has 0 radical (unpaired) electrons. The summed E-state index contributed by atoms with van der Waals surface area (Å²) >= 11 is 2.28. The molecule has 0 spiro atoms. The van der Waals surface area contributed by atoms with Crippen molar-refractivity contribution < 1.29 is 4.74 Å². The second kappa shape index (κ2) is 4.31. The van der Waals surface area contributed by atoms with Gasteiger partial charge < -0.3 is 10.5 Å². The van der Waals surface area contributed by atoms with E-state index < -0.39 is 0 Å². The van der Waals surface area contributed by atoms with Gasteiger partial charge >= 0.3 is 0 Å². The molecule has 0 aliphatic carbocycles. The lowest BCUT2D eigenvalue weighted by Crippen LogP contribution is -2.13. The normalized spacial score (nSPS) is 17.4. The Morgan fingerprint density at radius 3 is 2.57 bits per heavy atom. The number of halogens is 1. The fourth-order valence-corrected chi connectivity index (χ4v) is 1.85. The number of nitrogens with two attached hydrogens (primary N) is 1. The summed E-state index contributed by atoms with van der Waals surface area (Å²) in [6.45, 7) is 0.771. The van der Waals surface area contributed by atoms with Crippen LogP contribution in [0.1, 0.15) is 18.0 Å². The van der Waals surface area contributed by atoms with Gasteiger partial charge in [0, 0.05) is 9.99 Å². The molecule has 1 atom stereocenters. The first-order chi connectivity index (χ1) is 6.77.